The second kappa shape index (κ2) is 8.37. The zero-order valence-corrected chi connectivity index (χ0v) is 17.8. The molecule has 1 aliphatic rings. The number of hydrogen-bond donors (Lipinski definition) is 0. The van der Waals surface area contributed by atoms with Crippen LogP contribution in [0.4, 0.5) is 4.39 Å². The summed E-state index contributed by atoms with van der Waals surface area (Å²) in [5.74, 6) is -0.419. The predicted molar refractivity (Wildman–Crippen MR) is 119 cm³/mol. The number of halogens is 2. The minimum atomic E-state index is -0.530. The largest absolute Gasteiger partial charge is 0.376 e. The fourth-order valence-electron chi connectivity index (χ4n) is 4.11. The summed E-state index contributed by atoms with van der Waals surface area (Å²) in [6.07, 6.45) is 3.00. The van der Waals surface area contributed by atoms with Gasteiger partial charge in [0.15, 0.2) is 11.2 Å². The van der Waals surface area contributed by atoms with Gasteiger partial charge in [0, 0.05) is 18.2 Å². The normalized spacial score (nSPS) is 16.1. The molecule has 2 aromatic carbocycles. The fourth-order valence-corrected chi connectivity index (χ4v) is 4.32. The molecule has 32 heavy (non-hydrogen) atoms. The summed E-state index contributed by atoms with van der Waals surface area (Å²) in [4.78, 5) is 31.2. The number of aromatic nitrogens is 4. The molecule has 0 radical (unpaired) electrons. The van der Waals surface area contributed by atoms with Crippen LogP contribution in [-0.2, 0) is 17.8 Å². The number of ether oxygens (including phenoxy) is 1. The molecule has 0 saturated carbocycles. The third-order valence-corrected chi connectivity index (χ3v) is 5.87. The van der Waals surface area contributed by atoms with Crippen LogP contribution in [0.5, 0.6) is 0 Å². The molecular formula is C23H20ClFN4O3. The van der Waals surface area contributed by atoms with E-state index in [4.69, 9.17) is 16.3 Å². The van der Waals surface area contributed by atoms with Crippen molar-refractivity contribution >= 4 is 22.8 Å². The summed E-state index contributed by atoms with van der Waals surface area (Å²) in [7, 11) is 0. The van der Waals surface area contributed by atoms with Crippen LogP contribution >= 0.6 is 11.6 Å². The van der Waals surface area contributed by atoms with Crippen LogP contribution in [0.25, 0.3) is 16.9 Å². The van der Waals surface area contributed by atoms with Gasteiger partial charge in [0.1, 0.15) is 5.82 Å². The van der Waals surface area contributed by atoms with E-state index in [9.17, 15) is 14.0 Å². The molecule has 0 unspecified atom stereocenters. The van der Waals surface area contributed by atoms with Crippen LogP contribution < -0.4 is 11.2 Å². The molecule has 4 aromatic rings. The van der Waals surface area contributed by atoms with E-state index >= 15 is 0 Å². The van der Waals surface area contributed by atoms with Gasteiger partial charge in [-0.05, 0) is 54.8 Å². The molecule has 0 bridgehead atoms. The molecule has 164 valence electrons. The molecule has 1 aliphatic heterocycles. The van der Waals surface area contributed by atoms with Crippen LogP contribution in [0, 0.1) is 5.82 Å². The van der Waals surface area contributed by atoms with Crippen molar-refractivity contribution in [2.24, 2.45) is 0 Å². The zero-order valence-electron chi connectivity index (χ0n) is 17.1. The Labute approximate surface area is 187 Å². The standard InChI is InChI=1S/C23H20ClFN4O3/c24-16-4-1-3-15(11-16)12-27-14-26-21-20(27)22(30)28(13-19-5-2-10-32-19)23(31)29(21)18-8-6-17(25)7-9-18/h1,3-4,6-9,11,14,19H,2,5,10,12-13H2/t19-/m0/s1. The molecule has 3 heterocycles. The molecule has 0 amide bonds. The zero-order chi connectivity index (χ0) is 22.2. The Kier molecular flexibility index (Phi) is 5.40. The van der Waals surface area contributed by atoms with Gasteiger partial charge in [0.2, 0.25) is 0 Å². The van der Waals surface area contributed by atoms with E-state index < -0.39 is 17.1 Å². The van der Waals surface area contributed by atoms with Crippen molar-refractivity contribution in [2.45, 2.75) is 32.0 Å². The van der Waals surface area contributed by atoms with Gasteiger partial charge in [-0.2, -0.15) is 0 Å². The van der Waals surface area contributed by atoms with Crippen molar-refractivity contribution in [1.29, 1.82) is 0 Å². The van der Waals surface area contributed by atoms with Gasteiger partial charge in [0.25, 0.3) is 5.56 Å². The summed E-state index contributed by atoms with van der Waals surface area (Å²) in [6, 6.07) is 12.9. The predicted octanol–water partition coefficient (Wildman–Crippen LogP) is 3.37. The Bertz CT molecular complexity index is 1400. The van der Waals surface area contributed by atoms with Gasteiger partial charge in [-0.1, -0.05) is 23.7 Å². The summed E-state index contributed by atoms with van der Waals surface area (Å²) in [5.41, 5.74) is 0.858. The topological polar surface area (TPSA) is 71.0 Å². The fraction of sp³-hybridized carbons (Fsp3) is 0.261. The van der Waals surface area contributed by atoms with Crippen molar-refractivity contribution in [3.63, 3.8) is 0 Å². The van der Waals surface area contributed by atoms with E-state index in [1.165, 1.54) is 39.7 Å². The Morgan fingerprint density at radius 2 is 1.97 bits per heavy atom. The van der Waals surface area contributed by atoms with Crippen LogP contribution in [0.2, 0.25) is 5.02 Å². The quantitative estimate of drug-likeness (QED) is 0.463. The van der Waals surface area contributed by atoms with E-state index in [0.29, 0.717) is 23.9 Å². The number of hydrogen-bond acceptors (Lipinski definition) is 4. The van der Waals surface area contributed by atoms with Crippen LogP contribution in [0.3, 0.4) is 0 Å². The maximum Gasteiger partial charge on any atom is 0.337 e. The van der Waals surface area contributed by atoms with Gasteiger partial charge in [-0.25, -0.2) is 18.7 Å². The van der Waals surface area contributed by atoms with Crippen LogP contribution in [0.1, 0.15) is 18.4 Å². The molecule has 1 saturated heterocycles. The van der Waals surface area contributed by atoms with Crippen LogP contribution in [-0.4, -0.2) is 31.4 Å². The van der Waals surface area contributed by atoms with E-state index in [0.717, 1.165) is 18.4 Å². The number of imidazole rings is 1. The van der Waals surface area contributed by atoms with E-state index in [1.54, 1.807) is 10.6 Å². The first-order chi connectivity index (χ1) is 15.5. The summed E-state index contributed by atoms with van der Waals surface area (Å²) in [5, 5.41) is 0.589. The summed E-state index contributed by atoms with van der Waals surface area (Å²) < 4.78 is 23.4. The maximum absolute atomic E-state index is 13.5. The first-order valence-electron chi connectivity index (χ1n) is 10.3. The van der Waals surface area contributed by atoms with Crippen LogP contribution in [0.15, 0.2) is 64.4 Å². The Balaban J connectivity index is 1.72. The highest BCUT2D eigenvalue weighted by molar-refractivity contribution is 6.30. The molecule has 0 N–H and O–H groups in total. The number of rotatable bonds is 5. The third-order valence-electron chi connectivity index (χ3n) is 5.64. The lowest BCUT2D eigenvalue weighted by Crippen LogP contribution is -2.42. The SMILES string of the molecule is O=c1c2c(ncn2Cc2cccc(Cl)c2)n(-c2ccc(F)cc2)c(=O)n1C[C@@H]1CCCO1. The molecule has 2 aromatic heterocycles. The third kappa shape index (κ3) is 3.76. The second-order valence-electron chi connectivity index (χ2n) is 7.82. The Morgan fingerprint density at radius 3 is 2.69 bits per heavy atom. The highest BCUT2D eigenvalue weighted by Crippen LogP contribution is 2.18. The van der Waals surface area contributed by atoms with Crippen molar-refractivity contribution in [3.8, 4) is 5.69 Å². The average molecular weight is 455 g/mol. The number of nitrogens with zero attached hydrogens (tertiary/aromatic N) is 4. The minimum absolute atomic E-state index is 0.150. The smallest absolute Gasteiger partial charge is 0.337 e. The monoisotopic (exact) mass is 454 g/mol. The molecule has 0 aliphatic carbocycles. The molecule has 0 spiro atoms. The van der Waals surface area contributed by atoms with Gasteiger partial charge >= 0.3 is 5.69 Å². The molecule has 5 rings (SSSR count). The summed E-state index contributed by atoms with van der Waals surface area (Å²) in [6.45, 7) is 1.12. The lowest BCUT2D eigenvalue weighted by atomic mass is 10.2. The van der Waals surface area contributed by atoms with Crippen molar-refractivity contribution < 1.29 is 9.13 Å². The number of fused-ring (bicyclic) bond motifs is 1. The highest BCUT2D eigenvalue weighted by atomic mass is 35.5. The Hall–Kier alpha value is -3.23. The second-order valence-corrected chi connectivity index (χ2v) is 8.26. The molecule has 1 atom stereocenters. The lowest BCUT2D eigenvalue weighted by molar-refractivity contribution is 0.0950. The first kappa shape index (κ1) is 20.7. The average Bonchev–Trinajstić information content (AvgIpc) is 3.43. The van der Waals surface area contributed by atoms with E-state index in [2.05, 4.69) is 4.98 Å². The van der Waals surface area contributed by atoms with Gasteiger partial charge in [0.05, 0.1) is 24.7 Å². The maximum atomic E-state index is 13.5. The first-order valence-corrected chi connectivity index (χ1v) is 10.7. The van der Waals surface area contributed by atoms with Crippen molar-refractivity contribution in [2.75, 3.05) is 6.61 Å². The summed E-state index contributed by atoms with van der Waals surface area (Å²) >= 11 is 6.11. The van der Waals surface area contributed by atoms with E-state index in [-0.39, 0.29) is 23.8 Å². The lowest BCUT2D eigenvalue weighted by Gasteiger charge is -2.15. The Morgan fingerprint density at radius 1 is 1.16 bits per heavy atom. The molecule has 7 nitrogen and oxygen atoms in total. The molecule has 1 fully saturated rings. The van der Waals surface area contributed by atoms with Gasteiger partial charge in [-0.3, -0.25) is 9.36 Å². The minimum Gasteiger partial charge on any atom is -0.376 e. The molecular weight excluding hydrogens is 435 g/mol. The van der Waals surface area contributed by atoms with Gasteiger partial charge in [-0.15, -0.1) is 0 Å². The van der Waals surface area contributed by atoms with Crippen molar-refractivity contribution in [1.82, 2.24) is 18.7 Å². The van der Waals surface area contributed by atoms with E-state index in [1.807, 2.05) is 18.2 Å². The van der Waals surface area contributed by atoms with Gasteiger partial charge < -0.3 is 9.30 Å². The molecule has 9 heteroatoms. The van der Waals surface area contributed by atoms with Crippen molar-refractivity contribution in [3.05, 3.63) is 92.1 Å². The highest BCUT2D eigenvalue weighted by Gasteiger charge is 2.23. The number of benzene rings is 2.